The Hall–Kier alpha value is -1.85. The summed E-state index contributed by atoms with van der Waals surface area (Å²) in [5.41, 5.74) is -0.189. The highest BCUT2D eigenvalue weighted by molar-refractivity contribution is 5.70. The first-order valence-corrected chi connectivity index (χ1v) is 5.19. The van der Waals surface area contributed by atoms with Crippen molar-refractivity contribution < 1.29 is 9.90 Å². The van der Waals surface area contributed by atoms with Crippen molar-refractivity contribution in [3.63, 3.8) is 0 Å². The summed E-state index contributed by atoms with van der Waals surface area (Å²) in [6.07, 6.45) is 2.56. The lowest BCUT2D eigenvalue weighted by Gasteiger charge is -2.30. The Kier molecular flexibility index (Phi) is 2.89. The van der Waals surface area contributed by atoms with E-state index in [2.05, 4.69) is 9.97 Å². The number of H-pyrrole nitrogens is 1. The van der Waals surface area contributed by atoms with Gasteiger partial charge in [0.15, 0.2) is 0 Å². The Bertz CT molecular complexity index is 435. The first kappa shape index (κ1) is 10.7. The van der Waals surface area contributed by atoms with Crippen molar-refractivity contribution in [2.45, 2.75) is 12.8 Å². The first-order chi connectivity index (χ1) is 7.66. The molecule has 0 radical (unpaired) electrons. The number of hydrogen-bond donors (Lipinski definition) is 2. The van der Waals surface area contributed by atoms with Crippen LogP contribution in [0.2, 0.25) is 0 Å². The zero-order valence-electron chi connectivity index (χ0n) is 8.72. The fourth-order valence-corrected chi connectivity index (χ4v) is 1.89. The number of nitrogens with zero attached hydrogens (tertiary/aromatic N) is 2. The summed E-state index contributed by atoms with van der Waals surface area (Å²) in [4.78, 5) is 30.3. The number of carboxylic acid groups (broad SMARTS) is 1. The van der Waals surface area contributed by atoms with Crippen molar-refractivity contribution in [3.8, 4) is 0 Å². The van der Waals surface area contributed by atoms with Crippen LogP contribution in [0.3, 0.4) is 0 Å². The van der Waals surface area contributed by atoms with E-state index in [0.29, 0.717) is 31.7 Å². The largest absolute Gasteiger partial charge is 0.481 e. The second kappa shape index (κ2) is 4.34. The molecule has 1 aliphatic heterocycles. The van der Waals surface area contributed by atoms with Gasteiger partial charge >= 0.3 is 5.97 Å². The summed E-state index contributed by atoms with van der Waals surface area (Å²) in [6, 6.07) is 1.43. The molecule has 0 aliphatic carbocycles. The molecule has 16 heavy (non-hydrogen) atoms. The zero-order chi connectivity index (χ0) is 11.5. The average molecular weight is 223 g/mol. The summed E-state index contributed by atoms with van der Waals surface area (Å²) >= 11 is 0. The molecule has 1 fully saturated rings. The summed E-state index contributed by atoms with van der Waals surface area (Å²) < 4.78 is 0. The number of anilines is 1. The molecule has 0 aromatic carbocycles. The van der Waals surface area contributed by atoms with E-state index in [1.54, 1.807) is 0 Å². The molecule has 1 saturated heterocycles. The standard InChI is InChI=1S/C10H13N3O3/c14-9-5-8(11-6-12-9)13-3-1-7(2-4-13)10(15)16/h5-7H,1-4H2,(H,15,16)(H,11,12,14). The summed E-state index contributed by atoms with van der Waals surface area (Å²) in [5, 5.41) is 8.85. The highest BCUT2D eigenvalue weighted by Crippen LogP contribution is 2.20. The number of rotatable bonds is 2. The van der Waals surface area contributed by atoms with Gasteiger partial charge in [-0.3, -0.25) is 9.59 Å². The van der Waals surface area contributed by atoms with Crippen LogP contribution in [-0.2, 0) is 4.79 Å². The van der Waals surface area contributed by atoms with E-state index in [4.69, 9.17) is 5.11 Å². The molecule has 1 aromatic rings. The minimum absolute atomic E-state index is 0.189. The summed E-state index contributed by atoms with van der Waals surface area (Å²) in [5.74, 6) is -0.385. The van der Waals surface area contributed by atoms with E-state index in [1.807, 2.05) is 4.90 Å². The predicted molar refractivity (Wildman–Crippen MR) is 57.4 cm³/mol. The number of aromatic nitrogens is 2. The quantitative estimate of drug-likeness (QED) is 0.741. The Morgan fingerprint density at radius 1 is 1.50 bits per heavy atom. The average Bonchev–Trinajstić information content (AvgIpc) is 2.29. The maximum absolute atomic E-state index is 11.1. The SMILES string of the molecule is O=C(O)C1CCN(c2cc(=O)[nH]cn2)CC1. The predicted octanol–water partition coefficient (Wildman–Crippen LogP) is 0.0709. The van der Waals surface area contributed by atoms with E-state index in [1.165, 1.54) is 12.4 Å². The van der Waals surface area contributed by atoms with Gasteiger partial charge in [0, 0.05) is 19.2 Å². The maximum atomic E-state index is 11.1. The topological polar surface area (TPSA) is 86.3 Å². The molecule has 1 aromatic heterocycles. The van der Waals surface area contributed by atoms with Crippen LogP contribution in [0.4, 0.5) is 5.82 Å². The van der Waals surface area contributed by atoms with Crippen molar-refractivity contribution in [1.82, 2.24) is 9.97 Å². The zero-order valence-corrected chi connectivity index (χ0v) is 8.72. The fraction of sp³-hybridized carbons (Fsp3) is 0.500. The van der Waals surface area contributed by atoms with Crippen LogP contribution < -0.4 is 10.5 Å². The number of carboxylic acids is 1. The lowest BCUT2D eigenvalue weighted by Crippen LogP contribution is -2.37. The molecule has 1 aliphatic rings. The van der Waals surface area contributed by atoms with Gasteiger partial charge in [-0.2, -0.15) is 0 Å². The Morgan fingerprint density at radius 3 is 2.75 bits per heavy atom. The van der Waals surface area contributed by atoms with Crippen LogP contribution in [0.1, 0.15) is 12.8 Å². The van der Waals surface area contributed by atoms with Gasteiger partial charge < -0.3 is 15.0 Å². The number of aromatic amines is 1. The van der Waals surface area contributed by atoms with Crippen LogP contribution in [0.15, 0.2) is 17.2 Å². The molecule has 0 unspecified atom stereocenters. The molecule has 0 bridgehead atoms. The fourth-order valence-electron chi connectivity index (χ4n) is 1.89. The molecular weight excluding hydrogens is 210 g/mol. The molecule has 2 N–H and O–H groups in total. The molecule has 0 saturated carbocycles. The third-order valence-electron chi connectivity index (χ3n) is 2.83. The summed E-state index contributed by atoms with van der Waals surface area (Å²) in [6.45, 7) is 1.26. The van der Waals surface area contributed by atoms with E-state index in [-0.39, 0.29) is 11.5 Å². The van der Waals surface area contributed by atoms with Crippen LogP contribution in [0.5, 0.6) is 0 Å². The lowest BCUT2D eigenvalue weighted by atomic mass is 9.97. The molecule has 2 rings (SSSR count). The molecule has 0 amide bonds. The number of aliphatic carboxylic acids is 1. The number of hydrogen-bond acceptors (Lipinski definition) is 4. The van der Waals surface area contributed by atoms with Gasteiger partial charge in [-0.1, -0.05) is 0 Å². The highest BCUT2D eigenvalue weighted by Gasteiger charge is 2.24. The smallest absolute Gasteiger partial charge is 0.306 e. The van der Waals surface area contributed by atoms with E-state index < -0.39 is 5.97 Å². The molecule has 86 valence electrons. The second-order valence-electron chi connectivity index (χ2n) is 3.87. The molecule has 6 heteroatoms. The van der Waals surface area contributed by atoms with Gasteiger partial charge in [-0.15, -0.1) is 0 Å². The van der Waals surface area contributed by atoms with Gasteiger partial charge in [0.25, 0.3) is 5.56 Å². The van der Waals surface area contributed by atoms with Gasteiger partial charge in [-0.25, -0.2) is 4.98 Å². The highest BCUT2D eigenvalue weighted by atomic mass is 16.4. The van der Waals surface area contributed by atoms with Crippen LogP contribution in [0, 0.1) is 5.92 Å². The Labute approximate surface area is 91.9 Å². The van der Waals surface area contributed by atoms with Crippen LogP contribution in [-0.4, -0.2) is 34.1 Å². The van der Waals surface area contributed by atoms with Gasteiger partial charge in [-0.05, 0) is 12.8 Å². The van der Waals surface area contributed by atoms with Crippen LogP contribution >= 0.6 is 0 Å². The van der Waals surface area contributed by atoms with E-state index in [9.17, 15) is 9.59 Å². The number of carbonyl (C=O) groups is 1. The Morgan fingerprint density at radius 2 is 2.19 bits per heavy atom. The van der Waals surface area contributed by atoms with Gasteiger partial charge in [0.05, 0.1) is 12.2 Å². The molecular formula is C10H13N3O3. The summed E-state index contributed by atoms with van der Waals surface area (Å²) in [7, 11) is 0. The minimum Gasteiger partial charge on any atom is -0.481 e. The normalized spacial score (nSPS) is 17.4. The third-order valence-corrected chi connectivity index (χ3v) is 2.83. The lowest BCUT2D eigenvalue weighted by molar-refractivity contribution is -0.142. The van der Waals surface area contributed by atoms with Gasteiger partial charge in [0.2, 0.25) is 0 Å². The molecule has 0 atom stereocenters. The first-order valence-electron chi connectivity index (χ1n) is 5.19. The number of piperidine rings is 1. The number of nitrogens with one attached hydrogen (secondary N) is 1. The van der Waals surface area contributed by atoms with E-state index in [0.717, 1.165) is 0 Å². The van der Waals surface area contributed by atoms with Crippen LogP contribution in [0.25, 0.3) is 0 Å². The van der Waals surface area contributed by atoms with Crippen molar-refractivity contribution in [2.24, 2.45) is 5.92 Å². The maximum Gasteiger partial charge on any atom is 0.306 e. The monoisotopic (exact) mass is 223 g/mol. The van der Waals surface area contributed by atoms with Crippen molar-refractivity contribution in [1.29, 1.82) is 0 Å². The molecule has 0 spiro atoms. The van der Waals surface area contributed by atoms with Crippen molar-refractivity contribution in [2.75, 3.05) is 18.0 Å². The molecule has 6 nitrogen and oxygen atoms in total. The van der Waals surface area contributed by atoms with E-state index >= 15 is 0 Å². The van der Waals surface area contributed by atoms with Gasteiger partial charge in [0.1, 0.15) is 5.82 Å². The molecule has 2 heterocycles. The second-order valence-corrected chi connectivity index (χ2v) is 3.87. The Balaban J connectivity index is 2.04. The third kappa shape index (κ3) is 2.21. The minimum atomic E-state index is -0.737. The van der Waals surface area contributed by atoms with Crippen molar-refractivity contribution in [3.05, 3.63) is 22.7 Å². The van der Waals surface area contributed by atoms with Crippen molar-refractivity contribution >= 4 is 11.8 Å².